The van der Waals surface area contributed by atoms with Crippen molar-refractivity contribution < 1.29 is 4.74 Å². The summed E-state index contributed by atoms with van der Waals surface area (Å²) in [6.07, 6.45) is 1.11. The van der Waals surface area contributed by atoms with Crippen LogP contribution in [0.3, 0.4) is 0 Å². The van der Waals surface area contributed by atoms with E-state index in [9.17, 15) is 0 Å². The van der Waals surface area contributed by atoms with Crippen molar-refractivity contribution in [3.05, 3.63) is 63.2 Å². The summed E-state index contributed by atoms with van der Waals surface area (Å²) in [6, 6.07) is 16.9. The van der Waals surface area contributed by atoms with Gasteiger partial charge in [0.1, 0.15) is 5.75 Å². The summed E-state index contributed by atoms with van der Waals surface area (Å²) >= 11 is 2.40. The van der Waals surface area contributed by atoms with Crippen molar-refractivity contribution in [2.45, 2.75) is 19.4 Å². The molecule has 0 aliphatic carbocycles. The first-order valence-corrected chi connectivity index (χ1v) is 7.96. The quantitative estimate of drug-likeness (QED) is 0.750. The van der Waals surface area contributed by atoms with Crippen LogP contribution >= 0.6 is 22.6 Å². The van der Waals surface area contributed by atoms with Crippen LogP contribution in [0.4, 0.5) is 0 Å². The number of rotatable bonds is 6. The Morgan fingerprint density at radius 2 is 1.70 bits per heavy atom. The number of hydrogen-bond acceptors (Lipinski definition) is 2. The molecule has 0 amide bonds. The molecule has 2 nitrogen and oxygen atoms in total. The number of methoxy groups -OCH3 is 1. The molecule has 0 saturated carbocycles. The van der Waals surface area contributed by atoms with E-state index in [-0.39, 0.29) is 6.04 Å². The van der Waals surface area contributed by atoms with Gasteiger partial charge < -0.3 is 10.1 Å². The topological polar surface area (TPSA) is 21.3 Å². The minimum Gasteiger partial charge on any atom is -0.496 e. The van der Waals surface area contributed by atoms with E-state index in [1.165, 1.54) is 14.7 Å². The van der Waals surface area contributed by atoms with Crippen molar-refractivity contribution in [3.63, 3.8) is 0 Å². The molecule has 0 aromatic heterocycles. The SMILES string of the molecule is CCCNC(c1ccccc1I)c1ccccc1OC. The average molecular weight is 381 g/mol. The Bertz CT molecular complexity index is 556. The zero-order chi connectivity index (χ0) is 14.4. The van der Waals surface area contributed by atoms with E-state index < -0.39 is 0 Å². The van der Waals surface area contributed by atoms with Gasteiger partial charge in [-0.05, 0) is 53.3 Å². The van der Waals surface area contributed by atoms with Crippen LogP contribution in [0, 0.1) is 3.57 Å². The van der Waals surface area contributed by atoms with E-state index in [0.29, 0.717) is 0 Å². The molecular weight excluding hydrogens is 361 g/mol. The molecule has 0 fully saturated rings. The molecular formula is C17H20INO. The number of nitrogens with one attached hydrogen (secondary N) is 1. The van der Waals surface area contributed by atoms with Gasteiger partial charge in [0.2, 0.25) is 0 Å². The van der Waals surface area contributed by atoms with Gasteiger partial charge in [-0.2, -0.15) is 0 Å². The fraction of sp³-hybridized carbons (Fsp3) is 0.294. The molecule has 1 N–H and O–H groups in total. The van der Waals surface area contributed by atoms with E-state index >= 15 is 0 Å². The summed E-state index contributed by atoms with van der Waals surface area (Å²) in [6.45, 7) is 3.16. The molecule has 0 heterocycles. The van der Waals surface area contributed by atoms with Crippen LogP contribution in [0.5, 0.6) is 5.75 Å². The number of benzene rings is 2. The van der Waals surface area contributed by atoms with E-state index in [2.05, 4.69) is 71.2 Å². The number of hydrogen-bond donors (Lipinski definition) is 1. The molecule has 0 bridgehead atoms. The minimum absolute atomic E-state index is 0.166. The van der Waals surface area contributed by atoms with E-state index in [0.717, 1.165) is 18.7 Å². The fourth-order valence-corrected chi connectivity index (χ4v) is 2.99. The number of para-hydroxylation sites is 1. The van der Waals surface area contributed by atoms with E-state index in [4.69, 9.17) is 4.74 Å². The Hall–Kier alpha value is -1.07. The van der Waals surface area contributed by atoms with E-state index in [1.807, 2.05) is 12.1 Å². The molecule has 0 saturated heterocycles. The standard InChI is InChI=1S/C17H20INO/c1-3-12-19-17(13-8-4-6-10-15(13)18)14-9-5-7-11-16(14)20-2/h4-11,17,19H,3,12H2,1-2H3. The van der Waals surface area contributed by atoms with Gasteiger partial charge in [-0.15, -0.1) is 0 Å². The second-order valence-corrected chi connectivity index (χ2v) is 5.81. The monoisotopic (exact) mass is 381 g/mol. The Morgan fingerprint density at radius 3 is 2.35 bits per heavy atom. The molecule has 106 valence electrons. The summed E-state index contributed by atoms with van der Waals surface area (Å²) in [7, 11) is 1.73. The second kappa shape index (κ2) is 7.64. The van der Waals surface area contributed by atoms with Gasteiger partial charge in [0, 0.05) is 9.13 Å². The Balaban J connectivity index is 2.44. The van der Waals surface area contributed by atoms with Crippen LogP contribution in [-0.2, 0) is 0 Å². The molecule has 0 aliphatic heterocycles. The van der Waals surface area contributed by atoms with Crippen molar-refractivity contribution in [3.8, 4) is 5.75 Å². The van der Waals surface area contributed by atoms with Crippen molar-refractivity contribution in [1.29, 1.82) is 0 Å². The van der Waals surface area contributed by atoms with Crippen LogP contribution in [0.25, 0.3) is 0 Å². The molecule has 3 heteroatoms. The molecule has 2 aromatic rings. The fourth-order valence-electron chi connectivity index (χ4n) is 2.29. The molecule has 0 radical (unpaired) electrons. The third-order valence-electron chi connectivity index (χ3n) is 3.26. The third kappa shape index (κ3) is 3.52. The lowest BCUT2D eigenvalue weighted by atomic mass is 9.97. The second-order valence-electron chi connectivity index (χ2n) is 4.65. The van der Waals surface area contributed by atoms with Crippen LogP contribution in [-0.4, -0.2) is 13.7 Å². The zero-order valence-corrected chi connectivity index (χ0v) is 14.1. The first-order chi connectivity index (χ1) is 9.77. The Morgan fingerprint density at radius 1 is 1.05 bits per heavy atom. The van der Waals surface area contributed by atoms with Crippen LogP contribution < -0.4 is 10.1 Å². The number of ether oxygens (including phenoxy) is 1. The highest BCUT2D eigenvalue weighted by molar-refractivity contribution is 14.1. The maximum atomic E-state index is 5.53. The highest BCUT2D eigenvalue weighted by atomic mass is 127. The largest absolute Gasteiger partial charge is 0.496 e. The molecule has 2 rings (SSSR count). The van der Waals surface area contributed by atoms with Gasteiger partial charge in [0.05, 0.1) is 13.2 Å². The molecule has 0 aliphatic rings. The molecule has 2 aromatic carbocycles. The third-order valence-corrected chi connectivity index (χ3v) is 4.25. The van der Waals surface area contributed by atoms with Crippen LogP contribution in [0.1, 0.15) is 30.5 Å². The van der Waals surface area contributed by atoms with E-state index in [1.54, 1.807) is 7.11 Å². The highest BCUT2D eigenvalue weighted by Gasteiger charge is 2.19. The lowest BCUT2D eigenvalue weighted by Gasteiger charge is -2.22. The van der Waals surface area contributed by atoms with Gasteiger partial charge in [0.15, 0.2) is 0 Å². The Labute approximate surface area is 134 Å². The van der Waals surface area contributed by atoms with Crippen molar-refractivity contribution >= 4 is 22.6 Å². The summed E-state index contributed by atoms with van der Waals surface area (Å²) in [5.41, 5.74) is 2.48. The molecule has 0 spiro atoms. The van der Waals surface area contributed by atoms with Gasteiger partial charge in [-0.3, -0.25) is 0 Å². The highest BCUT2D eigenvalue weighted by Crippen LogP contribution is 2.32. The van der Waals surface area contributed by atoms with Gasteiger partial charge in [-0.25, -0.2) is 0 Å². The van der Waals surface area contributed by atoms with Crippen LogP contribution in [0.2, 0.25) is 0 Å². The smallest absolute Gasteiger partial charge is 0.123 e. The molecule has 1 unspecified atom stereocenters. The number of halogens is 1. The van der Waals surface area contributed by atoms with Crippen molar-refractivity contribution in [1.82, 2.24) is 5.32 Å². The predicted octanol–water partition coefficient (Wildman–Crippen LogP) is 4.39. The van der Waals surface area contributed by atoms with Crippen LogP contribution in [0.15, 0.2) is 48.5 Å². The van der Waals surface area contributed by atoms with Gasteiger partial charge in [0.25, 0.3) is 0 Å². The first-order valence-electron chi connectivity index (χ1n) is 6.88. The maximum absolute atomic E-state index is 5.53. The van der Waals surface area contributed by atoms with Crippen molar-refractivity contribution in [2.24, 2.45) is 0 Å². The van der Waals surface area contributed by atoms with Gasteiger partial charge in [-0.1, -0.05) is 43.3 Å². The van der Waals surface area contributed by atoms with Crippen molar-refractivity contribution in [2.75, 3.05) is 13.7 Å². The summed E-state index contributed by atoms with van der Waals surface area (Å²) < 4.78 is 6.79. The summed E-state index contributed by atoms with van der Waals surface area (Å²) in [5, 5.41) is 3.63. The minimum atomic E-state index is 0.166. The zero-order valence-electron chi connectivity index (χ0n) is 11.9. The Kier molecular flexibility index (Phi) is 5.86. The maximum Gasteiger partial charge on any atom is 0.123 e. The molecule has 1 atom stereocenters. The lowest BCUT2D eigenvalue weighted by molar-refractivity contribution is 0.403. The summed E-state index contributed by atoms with van der Waals surface area (Å²) in [4.78, 5) is 0. The average Bonchev–Trinajstić information content (AvgIpc) is 2.49. The normalized spacial score (nSPS) is 12.2. The molecule has 20 heavy (non-hydrogen) atoms. The first kappa shape index (κ1) is 15.3. The lowest BCUT2D eigenvalue weighted by Crippen LogP contribution is -2.24. The van der Waals surface area contributed by atoms with Gasteiger partial charge >= 0.3 is 0 Å². The predicted molar refractivity (Wildman–Crippen MR) is 92.3 cm³/mol. The summed E-state index contributed by atoms with van der Waals surface area (Å²) in [5.74, 6) is 0.931.